The first-order chi connectivity index (χ1) is 15.3. The highest BCUT2D eigenvalue weighted by atomic mass is 16.5. The van der Waals surface area contributed by atoms with Crippen LogP contribution in [0.5, 0.6) is 5.75 Å². The number of benzene rings is 1. The molecule has 1 N–H and O–H groups in total. The van der Waals surface area contributed by atoms with Gasteiger partial charge in [-0.1, -0.05) is 37.5 Å². The number of piperazine rings is 1. The van der Waals surface area contributed by atoms with Crippen LogP contribution in [0.3, 0.4) is 0 Å². The molecule has 5 nitrogen and oxygen atoms in total. The van der Waals surface area contributed by atoms with Crippen molar-refractivity contribution in [3.05, 3.63) is 54.4 Å². The van der Waals surface area contributed by atoms with Crippen molar-refractivity contribution in [3.63, 3.8) is 0 Å². The molecule has 31 heavy (non-hydrogen) atoms. The van der Waals surface area contributed by atoms with Gasteiger partial charge in [0, 0.05) is 44.0 Å². The van der Waals surface area contributed by atoms with E-state index in [9.17, 15) is 5.11 Å². The van der Waals surface area contributed by atoms with Crippen molar-refractivity contribution in [3.8, 4) is 5.75 Å². The van der Waals surface area contributed by atoms with E-state index in [-0.39, 0.29) is 12.0 Å². The topological polar surface area (TPSA) is 48.8 Å². The Morgan fingerprint density at radius 1 is 1.00 bits per heavy atom. The lowest BCUT2D eigenvalue weighted by Gasteiger charge is -2.38. The number of hydrogen-bond acceptors (Lipinski definition) is 5. The second-order valence-electron chi connectivity index (χ2n) is 9.04. The maximum atomic E-state index is 11.3. The Hall–Kier alpha value is -2.11. The first kappa shape index (κ1) is 22.1. The summed E-state index contributed by atoms with van der Waals surface area (Å²) >= 11 is 0. The van der Waals surface area contributed by atoms with Crippen LogP contribution < -0.4 is 9.64 Å². The van der Waals surface area contributed by atoms with E-state index in [2.05, 4.69) is 39.0 Å². The van der Waals surface area contributed by atoms with E-state index in [1.165, 1.54) is 24.9 Å². The summed E-state index contributed by atoms with van der Waals surface area (Å²) in [6.45, 7) is 5.07. The standard InChI is InChI=1S/C26H37N3O2/c1-31-25-13-6-5-12-24(25)29-19-17-28(18-20-29)16-14-22(23-11-7-8-15-27-23)26(30)21-9-3-2-4-10-21/h5-8,11-13,15,21-22,26,30H,2-4,9-10,14,16-20H2,1H3/t22-,26-/m1/s1. The van der Waals surface area contributed by atoms with Crippen molar-refractivity contribution < 1.29 is 9.84 Å². The minimum atomic E-state index is -0.287. The highest BCUT2D eigenvalue weighted by molar-refractivity contribution is 5.58. The number of anilines is 1. The molecule has 2 aromatic rings. The third-order valence-electron chi connectivity index (χ3n) is 7.17. The molecule has 2 atom stereocenters. The van der Waals surface area contributed by atoms with Gasteiger partial charge >= 0.3 is 0 Å². The van der Waals surface area contributed by atoms with Gasteiger partial charge in [-0.05, 0) is 56.0 Å². The Morgan fingerprint density at radius 3 is 2.45 bits per heavy atom. The zero-order valence-electron chi connectivity index (χ0n) is 18.8. The predicted molar refractivity (Wildman–Crippen MR) is 126 cm³/mol. The molecule has 1 aromatic heterocycles. The number of para-hydroxylation sites is 2. The number of aliphatic hydroxyl groups excluding tert-OH is 1. The van der Waals surface area contributed by atoms with Gasteiger partial charge in [-0.2, -0.15) is 0 Å². The van der Waals surface area contributed by atoms with Gasteiger partial charge in [0.15, 0.2) is 0 Å². The number of methoxy groups -OCH3 is 1. The van der Waals surface area contributed by atoms with Crippen LogP contribution in [0.2, 0.25) is 0 Å². The van der Waals surface area contributed by atoms with E-state index in [4.69, 9.17) is 4.74 Å². The predicted octanol–water partition coefficient (Wildman–Crippen LogP) is 4.33. The zero-order chi connectivity index (χ0) is 21.5. The van der Waals surface area contributed by atoms with Gasteiger partial charge in [0.2, 0.25) is 0 Å². The summed E-state index contributed by atoms with van der Waals surface area (Å²) in [6, 6.07) is 14.4. The Morgan fingerprint density at radius 2 is 1.74 bits per heavy atom. The molecule has 4 rings (SSSR count). The fraction of sp³-hybridized carbons (Fsp3) is 0.577. The Kier molecular flexibility index (Phi) is 7.81. The molecule has 5 heteroatoms. The molecule has 1 aliphatic heterocycles. The number of aliphatic hydroxyl groups is 1. The lowest BCUT2D eigenvalue weighted by molar-refractivity contribution is 0.0523. The molecule has 0 spiro atoms. The fourth-order valence-corrected chi connectivity index (χ4v) is 5.32. The average Bonchev–Trinajstić information content (AvgIpc) is 2.85. The minimum absolute atomic E-state index is 0.122. The minimum Gasteiger partial charge on any atom is -0.495 e. The summed E-state index contributed by atoms with van der Waals surface area (Å²) in [6.07, 6.45) is 8.66. The van der Waals surface area contributed by atoms with Crippen molar-refractivity contribution in [1.29, 1.82) is 0 Å². The maximum Gasteiger partial charge on any atom is 0.142 e. The molecular weight excluding hydrogens is 386 g/mol. The van der Waals surface area contributed by atoms with Crippen LogP contribution in [0.4, 0.5) is 5.69 Å². The lowest BCUT2D eigenvalue weighted by atomic mass is 9.78. The number of hydrogen-bond donors (Lipinski definition) is 1. The first-order valence-corrected chi connectivity index (χ1v) is 12.0. The van der Waals surface area contributed by atoms with Crippen LogP contribution in [-0.4, -0.2) is 60.9 Å². The molecule has 0 amide bonds. The van der Waals surface area contributed by atoms with Crippen LogP contribution in [-0.2, 0) is 0 Å². The van der Waals surface area contributed by atoms with Crippen LogP contribution in [0.15, 0.2) is 48.7 Å². The van der Waals surface area contributed by atoms with Crippen LogP contribution in [0, 0.1) is 5.92 Å². The second kappa shape index (κ2) is 11.0. The van der Waals surface area contributed by atoms with Crippen LogP contribution in [0.1, 0.15) is 50.1 Å². The molecule has 0 radical (unpaired) electrons. The van der Waals surface area contributed by atoms with Gasteiger partial charge in [0.1, 0.15) is 5.75 Å². The molecule has 1 saturated heterocycles. The summed E-state index contributed by atoms with van der Waals surface area (Å²) < 4.78 is 5.55. The highest BCUT2D eigenvalue weighted by Gasteiger charge is 2.31. The SMILES string of the molecule is COc1ccccc1N1CCN(CC[C@H](c2ccccn2)[C@H](O)C2CCCCC2)CC1. The third kappa shape index (κ3) is 5.58. The summed E-state index contributed by atoms with van der Waals surface area (Å²) in [5.41, 5.74) is 2.23. The van der Waals surface area contributed by atoms with E-state index in [1.807, 2.05) is 24.4 Å². The first-order valence-electron chi connectivity index (χ1n) is 12.0. The van der Waals surface area contributed by atoms with E-state index in [0.717, 1.165) is 63.4 Å². The summed E-state index contributed by atoms with van der Waals surface area (Å²) in [5.74, 6) is 1.49. The smallest absolute Gasteiger partial charge is 0.142 e. The molecule has 2 fully saturated rings. The summed E-state index contributed by atoms with van der Waals surface area (Å²) in [5, 5.41) is 11.3. The highest BCUT2D eigenvalue weighted by Crippen LogP contribution is 2.35. The van der Waals surface area contributed by atoms with Crippen LogP contribution in [0.25, 0.3) is 0 Å². The molecule has 2 heterocycles. The van der Waals surface area contributed by atoms with E-state index in [1.54, 1.807) is 7.11 Å². The van der Waals surface area contributed by atoms with E-state index in [0.29, 0.717) is 5.92 Å². The number of ether oxygens (including phenoxy) is 1. The molecular formula is C26H37N3O2. The average molecular weight is 424 g/mol. The van der Waals surface area contributed by atoms with Gasteiger partial charge in [-0.25, -0.2) is 0 Å². The maximum absolute atomic E-state index is 11.3. The van der Waals surface area contributed by atoms with Crippen LogP contribution >= 0.6 is 0 Å². The molecule has 1 aliphatic carbocycles. The number of aromatic nitrogens is 1. The zero-order valence-corrected chi connectivity index (χ0v) is 18.8. The lowest BCUT2D eigenvalue weighted by Crippen LogP contribution is -2.47. The monoisotopic (exact) mass is 423 g/mol. The molecule has 1 saturated carbocycles. The van der Waals surface area contributed by atoms with Crippen molar-refractivity contribution in [1.82, 2.24) is 9.88 Å². The largest absolute Gasteiger partial charge is 0.495 e. The Bertz CT molecular complexity index is 786. The molecule has 1 aromatic carbocycles. The summed E-state index contributed by atoms with van der Waals surface area (Å²) in [4.78, 5) is 9.59. The van der Waals surface area contributed by atoms with Crippen molar-refractivity contribution in [2.75, 3.05) is 44.7 Å². The van der Waals surface area contributed by atoms with Crippen molar-refractivity contribution in [2.45, 2.75) is 50.5 Å². The van der Waals surface area contributed by atoms with Crippen molar-refractivity contribution in [2.24, 2.45) is 5.92 Å². The van der Waals surface area contributed by atoms with Crippen molar-refractivity contribution >= 4 is 5.69 Å². The third-order valence-corrected chi connectivity index (χ3v) is 7.17. The molecule has 0 unspecified atom stereocenters. The number of rotatable bonds is 8. The molecule has 0 bridgehead atoms. The van der Waals surface area contributed by atoms with Gasteiger partial charge in [0.05, 0.1) is 18.9 Å². The van der Waals surface area contributed by atoms with Gasteiger partial charge in [-0.15, -0.1) is 0 Å². The van der Waals surface area contributed by atoms with Gasteiger partial charge in [-0.3, -0.25) is 9.88 Å². The van der Waals surface area contributed by atoms with Gasteiger partial charge < -0.3 is 14.7 Å². The van der Waals surface area contributed by atoms with E-state index < -0.39 is 0 Å². The van der Waals surface area contributed by atoms with Gasteiger partial charge in [0.25, 0.3) is 0 Å². The Balaban J connectivity index is 1.35. The fourth-order valence-electron chi connectivity index (χ4n) is 5.32. The Labute approximate surface area is 187 Å². The quantitative estimate of drug-likeness (QED) is 0.685. The number of pyridine rings is 1. The normalized spacial score (nSPS) is 20.4. The van der Waals surface area contributed by atoms with E-state index >= 15 is 0 Å². The second-order valence-corrected chi connectivity index (χ2v) is 9.04. The molecule has 2 aliphatic rings. The molecule has 168 valence electrons. The number of nitrogens with zero attached hydrogens (tertiary/aromatic N) is 3. The summed E-state index contributed by atoms with van der Waals surface area (Å²) in [7, 11) is 1.74.